The Bertz CT molecular complexity index is 1470. The summed E-state index contributed by atoms with van der Waals surface area (Å²) in [5.74, 6) is -0.932. The molecule has 152 valence electrons. The van der Waals surface area contributed by atoms with Crippen molar-refractivity contribution in [2.45, 2.75) is 6.54 Å². The van der Waals surface area contributed by atoms with Gasteiger partial charge in [-0.3, -0.25) is 9.59 Å². The Balaban J connectivity index is 1.83. The molecule has 4 N–H and O–H groups in total. The van der Waals surface area contributed by atoms with E-state index in [1.807, 2.05) is 41.8 Å². The molecule has 0 unspecified atom stereocenters. The molecule has 0 saturated heterocycles. The van der Waals surface area contributed by atoms with Crippen molar-refractivity contribution < 1.29 is 9.59 Å². The first-order valence-electron chi connectivity index (χ1n) is 9.81. The lowest BCUT2D eigenvalue weighted by molar-refractivity contribution is 0.0992. The molecule has 5 rings (SSSR count). The molecular weight excluding hydrogens is 406 g/mol. The summed E-state index contributed by atoms with van der Waals surface area (Å²) in [4.78, 5) is 25.3. The van der Waals surface area contributed by atoms with Gasteiger partial charge in [-0.05, 0) is 46.8 Å². The molecule has 2 amide bonds. The zero-order chi connectivity index (χ0) is 21.5. The van der Waals surface area contributed by atoms with E-state index < -0.39 is 11.8 Å². The molecule has 0 radical (unpaired) electrons. The van der Waals surface area contributed by atoms with Crippen LogP contribution in [-0.2, 0) is 6.54 Å². The molecule has 0 aliphatic heterocycles. The fourth-order valence-electron chi connectivity index (χ4n) is 4.18. The Morgan fingerprint density at radius 2 is 1.58 bits per heavy atom. The van der Waals surface area contributed by atoms with E-state index in [0.29, 0.717) is 17.7 Å². The highest BCUT2D eigenvalue weighted by molar-refractivity contribution is 7.13. The minimum absolute atomic E-state index is 0.440. The van der Waals surface area contributed by atoms with Gasteiger partial charge in [0.2, 0.25) is 11.8 Å². The first-order chi connectivity index (χ1) is 15.0. The molecule has 5 nitrogen and oxygen atoms in total. The number of hydrogen-bond donors (Lipinski definition) is 2. The molecule has 0 spiro atoms. The van der Waals surface area contributed by atoms with Gasteiger partial charge in [0.25, 0.3) is 0 Å². The first-order valence-corrected chi connectivity index (χ1v) is 10.7. The van der Waals surface area contributed by atoms with Crippen molar-refractivity contribution in [1.29, 1.82) is 0 Å². The molecule has 2 heterocycles. The van der Waals surface area contributed by atoms with E-state index in [4.69, 9.17) is 11.5 Å². The fourth-order valence-corrected chi connectivity index (χ4v) is 4.91. The van der Waals surface area contributed by atoms with Crippen LogP contribution < -0.4 is 11.5 Å². The van der Waals surface area contributed by atoms with E-state index in [0.717, 1.165) is 37.8 Å². The molecule has 5 aromatic rings. The molecule has 3 aromatic carbocycles. The molecule has 0 fully saturated rings. The number of fused-ring (bicyclic) bond motifs is 3. The second-order valence-electron chi connectivity index (χ2n) is 7.38. The van der Waals surface area contributed by atoms with Crippen LogP contribution >= 0.6 is 11.3 Å². The predicted molar refractivity (Wildman–Crippen MR) is 125 cm³/mol. The summed E-state index contributed by atoms with van der Waals surface area (Å²) in [5, 5.41) is 3.81. The zero-order valence-corrected chi connectivity index (χ0v) is 17.4. The summed E-state index contributed by atoms with van der Waals surface area (Å²) < 4.78 is 2.12. The summed E-state index contributed by atoms with van der Waals surface area (Å²) in [6.07, 6.45) is 0. The highest BCUT2D eigenvalue weighted by Crippen LogP contribution is 2.36. The van der Waals surface area contributed by atoms with Crippen LogP contribution in [0.3, 0.4) is 0 Å². The molecule has 0 aliphatic rings. The number of rotatable bonds is 5. The molecule has 0 saturated carbocycles. The van der Waals surface area contributed by atoms with E-state index in [1.54, 1.807) is 29.5 Å². The molecular formula is C25H19N3O2S. The van der Waals surface area contributed by atoms with Crippen molar-refractivity contribution >= 4 is 45.0 Å². The van der Waals surface area contributed by atoms with Gasteiger partial charge in [0, 0.05) is 33.3 Å². The van der Waals surface area contributed by atoms with Gasteiger partial charge in [-0.1, -0.05) is 42.5 Å². The number of hydrogen-bond acceptors (Lipinski definition) is 3. The van der Waals surface area contributed by atoms with Gasteiger partial charge in [-0.15, -0.1) is 11.3 Å². The number of amides is 2. The second kappa shape index (κ2) is 7.41. The summed E-state index contributed by atoms with van der Waals surface area (Å²) in [6.45, 7) is 0.440. The maximum absolute atomic E-state index is 12.2. The molecule has 6 heteroatoms. The van der Waals surface area contributed by atoms with Crippen molar-refractivity contribution in [3.05, 3.63) is 94.9 Å². The SMILES string of the molecule is NC(=O)c1ccccc1Cn1c2cc(-c3cccs3)ccc2c2c(C(N)=O)cccc21. The van der Waals surface area contributed by atoms with Gasteiger partial charge < -0.3 is 16.0 Å². The Hall–Kier alpha value is -3.90. The molecule has 0 atom stereocenters. The third kappa shape index (κ3) is 3.17. The highest BCUT2D eigenvalue weighted by Gasteiger charge is 2.18. The van der Waals surface area contributed by atoms with E-state index in [2.05, 4.69) is 22.8 Å². The van der Waals surface area contributed by atoms with Gasteiger partial charge in [-0.2, -0.15) is 0 Å². The van der Waals surface area contributed by atoms with Crippen LogP contribution in [-0.4, -0.2) is 16.4 Å². The zero-order valence-electron chi connectivity index (χ0n) is 16.5. The molecule has 0 bridgehead atoms. The van der Waals surface area contributed by atoms with Crippen LogP contribution in [0.4, 0.5) is 0 Å². The van der Waals surface area contributed by atoms with E-state index in [9.17, 15) is 9.59 Å². The lowest BCUT2D eigenvalue weighted by atomic mass is 10.0. The lowest BCUT2D eigenvalue weighted by Crippen LogP contribution is -2.15. The first kappa shape index (κ1) is 19.1. The standard InChI is InChI=1S/C25H19N3O2S/c26-24(29)17-6-2-1-5-16(17)14-28-20-8-3-7-19(25(27)30)23(20)18-11-10-15(13-21(18)28)22-9-4-12-31-22/h1-13H,14H2,(H2,26,29)(H2,27,30). The Morgan fingerprint density at radius 3 is 2.32 bits per heavy atom. The van der Waals surface area contributed by atoms with E-state index in [1.165, 1.54) is 0 Å². The van der Waals surface area contributed by atoms with Gasteiger partial charge in [0.05, 0.1) is 11.0 Å². The Labute approximate surface area is 182 Å². The largest absolute Gasteiger partial charge is 0.366 e. The average Bonchev–Trinajstić information content (AvgIpc) is 3.41. The second-order valence-corrected chi connectivity index (χ2v) is 8.33. The van der Waals surface area contributed by atoms with Crippen LogP contribution in [0.25, 0.3) is 32.2 Å². The van der Waals surface area contributed by atoms with Crippen molar-refractivity contribution in [3.8, 4) is 10.4 Å². The Kier molecular flexibility index (Phi) is 4.56. The van der Waals surface area contributed by atoms with Crippen molar-refractivity contribution in [1.82, 2.24) is 4.57 Å². The minimum Gasteiger partial charge on any atom is -0.366 e. The van der Waals surface area contributed by atoms with E-state index in [-0.39, 0.29) is 0 Å². The summed E-state index contributed by atoms with van der Waals surface area (Å²) in [5.41, 5.74) is 16.0. The predicted octanol–water partition coefficient (Wildman–Crippen LogP) is 4.77. The number of aromatic nitrogens is 1. The minimum atomic E-state index is -0.468. The van der Waals surface area contributed by atoms with Crippen LogP contribution in [0.2, 0.25) is 0 Å². The topological polar surface area (TPSA) is 91.1 Å². The van der Waals surface area contributed by atoms with Gasteiger partial charge in [0.1, 0.15) is 0 Å². The number of carbonyl (C=O) groups excluding carboxylic acids is 2. The van der Waals surface area contributed by atoms with Crippen LogP contribution in [0.15, 0.2) is 78.2 Å². The third-order valence-corrected chi connectivity index (χ3v) is 6.49. The number of nitrogens with zero attached hydrogens (tertiary/aromatic N) is 1. The van der Waals surface area contributed by atoms with Gasteiger partial charge >= 0.3 is 0 Å². The molecule has 2 aromatic heterocycles. The lowest BCUT2D eigenvalue weighted by Gasteiger charge is -2.11. The number of benzene rings is 3. The Morgan fingerprint density at radius 1 is 0.806 bits per heavy atom. The fraction of sp³-hybridized carbons (Fsp3) is 0.0400. The van der Waals surface area contributed by atoms with Crippen LogP contribution in [0.1, 0.15) is 26.3 Å². The number of nitrogens with two attached hydrogens (primary N) is 2. The van der Waals surface area contributed by atoms with Gasteiger partial charge in [0.15, 0.2) is 0 Å². The average molecular weight is 426 g/mol. The summed E-state index contributed by atoms with van der Waals surface area (Å²) >= 11 is 1.67. The summed E-state index contributed by atoms with van der Waals surface area (Å²) in [7, 11) is 0. The summed E-state index contributed by atoms with van der Waals surface area (Å²) in [6, 6.07) is 23.2. The monoisotopic (exact) mass is 425 g/mol. The molecule has 0 aliphatic carbocycles. The number of carbonyl (C=O) groups is 2. The number of primary amides is 2. The maximum Gasteiger partial charge on any atom is 0.249 e. The van der Waals surface area contributed by atoms with E-state index >= 15 is 0 Å². The van der Waals surface area contributed by atoms with Crippen molar-refractivity contribution in [2.75, 3.05) is 0 Å². The maximum atomic E-state index is 12.2. The van der Waals surface area contributed by atoms with Crippen molar-refractivity contribution in [2.24, 2.45) is 11.5 Å². The quantitative estimate of drug-likeness (QED) is 0.425. The highest BCUT2D eigenvalue weighted by atomic mass is 32.1. The third-order valence-electron chi connectivity index (χ3n) is 5.57. The molecule has 31 heavy (non-hydrogen) atoms. The smallest absolute Gasteiger partial charge is 0.249 e. The van der Waals surface area contributed by atoms with Gasteiger partial charge in [-0.25, -0.2) is 0 Å². The normalized spacial score (nSPS) is 11.2. The van der Waals surface area contributed by atoms with Crippen LogP contribution in [0.5, 0.6) is 0 Å². The number of thiophene rings is 1. The van der Waals surface area contributed by atoms with Crippen molar-refractivity contribution in [3.63, 3.8) is 0 Å². The van der Waals surface area contributed by atoms with Crippen LogP contribution in [0, 0.1) is 0 Å².